The minimum Gasteiger partial charge on any atom is -0.481 e. The highest BCUT2D eigenvalue weighted by atomic mass is 16.5. The Morgan fingerprint density at radius 1 is 1.06 bits per heavy atom. The largest absolute Gasteiger partial charge is 0.481 e. The van der Waals surface area contributed by atoms with Gasteiger partial charge in [-0.15, -0.1) is 0 Å². The fourth-order valence-corrected chi connectivity index (χ4v) is 5.38. The Balaban J connectivity index is 1.45. The Morgan fingerprint density at radius 3 is 2.14 bits per heavy atom. The highest BCUT2D eigenvalue weighted by molar-refractivity contribution is 5.87. The van der Waals surface area contributed by atoms with Gasteiger partial charge in [-0.05, 0) is 47.4 Å². The zero-order valence-corrected chi connectivity index (χ0v) is 20.8. The third kappa shape index (κ3) is 5.19. The molecule has 0 aromatic heterocycles. The van der Waals surface area contributed by atoms with Gasteiger partial charge in [0.15, 0.2) is 0 Å². The first kappa shape index (κ1) is 24.8. The topological polar surface area (TPSA) is 95.9 Å². The number of rotatable bonds is 6. The number of fused-ring (bicyclic) bond motifs is 3. The van der Waals surface area contributed by atoms with Gasteiger partial charge in [-0.2, -0.15) is 0 Å². The van der Waals surface area contributed by atoms with Crippen molar-refractivity contribution in [3.05, 3.63) is 59.7 Å². The molecule has 0 saturated carbocycles. The van der Waals surface area contributed by atoms with E-state index >= 15 is 0 Å². The number of hydrogen-bond acceptors (Lipinski definition) is 4. The average molecular weight is 479 g/mol. The van der Waals surface area contributed by atoms with Crippen molar-refractivity contribution in [2.24, 2.45) is 11.3 Å². The molecule has 186 valence electrons. The van der Waals surface area contributed by atoms with Crippen LogP contribution < -0.4 is 5.32 Å². The summed E-state index contributed by atoms with van der Waals surface area (Å²) in [4.78, 5) is 39.4. The molecular formula is C28H34N2O5. The summed E-state index contributed by atoms with van der Waals surface area (Å²) < 4.78 is 5.67. The summed E-state index contributed by atoms with van der Waals surface area (Å²) in [5.74, 6) is -1.82. The van der Waals surface area contributed by atoms with E-state index in [-0.39, 0.29) is 23.8 Å². The molecule has 2 aromatic rings. The van der Waals surface area contributed by atoms with Crippen LogP contribution in [0.25, 0.3) is 11.1 Å². The molecule has 4 rings (SSSR count). The molecule has 7 heteroatoms. The van der Waals surface area contributed by atoms with Crippen molar-refractivity contribution in [1.29, 1.82) is 0 Å². The lowest BCUT2D eigenvalue weighted by Crippen LogP contribution is -2.51. The Bertz CT molecular complexity index is 1080. The maximum absolute atomic E-state index is 13.4. The quantitative estimate of drug-likeness (QED) is 0.630. The van der Waals surface area contributed by atoms with Crippen LogP contribution >= 0.6 is 0 Å². The molecule has 2 amide bonds. The lowest BCUT2D eigenvalue weighted by Gasteiger charge is -2.31. The number of carbonyl (C=O) groups excluding carboxylic acids is 2. The molecule has 0 radical (unpaired) electrons. The van der Waals surface area contributed by atoms with Gasteiger partial charge in [-0.3, -0.25) is 9.59 Å². The Hall–Kier alpha value is -3.35. The summed E-state index contributed by atoms with van der Waals surface area (Å²) >= 11 is 0. The molecule has 1 fully saturated rings. The van der Waals surface area contributed by atoms with Gasteiger partial charge in [0, 0.05) is 18.5 Å². The van der Waals surface area contributed by atoms with Gasteiger partial charge in [0.05, 0.1) is 5.92 Å². The number of nitrogens with one attached hydrogen (secondary N) is 1. The smallest absolute Gasteiger partial charge is 0.407 e. The van der Waals surface area contributed by atoms with E-state index in [0.29, 0.717) is 19.4 Å². The van der Waals surface area contributed by atoms with Crippen molar-refractivity contribution in [1.82, 2.24) is 10.2 Å². The molecular weight excluding hydrogens is 444 g/mol. The van der Waals surface area contributed by atoms with Crippen LogP contribution in [0.1, 0.15) is 57.6 Å². The number of nitrogens with zero attached hydrogens (tertiary/aromatic N) is 1. The molecule has 2 aromatic carbocycles. The summed E-state index contributed by atoms with van der Waals surface area (Å²) in [6.07, 6.45) is 0.183. The summed E-state index contributed by atoms with van der Waals surface area (Å²) in [7, 11) is 0. The summed E-state index contributed by atoms with van der Waals surface area (Å²) in [6, 6.07) is 15.0. The van der Waals surface area contributed by atoms with Crippen LogP contribution in [0, 0.1) is 11.3 Å². The molecule has 1 saturated heterocycles. The predicted octanol–water partition coefficient (Wildman–Crippen LogP) is 4.65. The van der Waals surface area contributed by atoms with Crippen LogP contribution in [0.15, 0.2) is 48.5 Å². The molecule has 2 N–H and O–H groups in total. The second-order valence-electron chi connectivity index (χ2n) is 10.8. The van der Waals surface area contributed by atoms with Crippen molar-refractivity contribution in [2.45, 2.75) is 58.5 Å². The number of aliphatic carboxylic acids is 1. The van der Waals surface area contributed by atoms with Crippen LogP contribution in [-0.4, -0.2) is 53.2 Å². The average Bonchev–Trinajstić information content (AvgIpc) is 3.34. The number of ether oxygens (including phenoxy) is 1. The highest BCUT2D eigenvalue weighted by Crippen LogP contribution is 2.44. The molecule has 1 aliphatic heterocycles. The number of hydrogen-bond donors (Lipinski definition) is 2. The fourth-order valence-electron chi connectivity index (χ4n) is 5.38. The van der Waals surface area contributed by atoms with E-state index in [1.165, 1.54) is 0 Å². The van der Waals surface area contributed by atoms with Crippen molar-refractivity contribution in [2.75, 3.05) is 13.2 Å². The second-order valence-corrected chi connectivity index (χ2v) is 10.8. The zero-order valence-electron chi connectivity index (χ0n) is 20.8. The lowest BCUT2D eigenvalue weighted by molar-refractivity contribution is -0.143. The van der Waals surface area contributed by atoms with E-state index in [4.69, 9.17) is 4.74 Å². The van der Waals surface area contributed by atoms with Crippen LogP contribution in [0.2, 0.25) is 0 Å². The minimum absolute atomic E-state index is 0.0696. The fraction of sp³-hybridized carbons (Fsp3) is 0.464. The van der Waals surface area contributed by atoms with Gasteiger partial charge < -0.3 is 20.1 Å². The number of amides is 2. The number of likely N-dealkylation sites (tertiary alicyclic amines) is 1. The van der Waals surface area contributed by atoms with Gasteiger partial charge in [-0.25, -0.2) is 4.79 Å². The number of benzene rings is 2. The normalized spacial score (nSPS) is 20.2. The van der Waals surface area contributed by atoms with Gasteiger partial charge in [0.25, 0.3) is 0 Å². The number of carboxylic acid groups (broad SMARTS) is 1. The van der Waals surface area contributed by atoms with Gasteiger partial charge in [0.2, 0.25) is 5.91 Å². The molecule has 7 nitrogen and oxygen atoms in total. The third-order valence-electron chi connectivity index (χ3n) is 7.11. The van der Waals surface area contributed by atoms with Crippen LogP contribution in [0.4, 0.5) is 4.79 Å². The van der Waals surface area contributed by atoms with Crippen molar-refractivity contribution in [3.8, 4) is 11.1 Å². The minimum atomic E-state index is -0.898. The lowest BCUT2D eigenvalue weighted by atomic mass is 9.87. The zero-order chi connectivity index (χ0) is 25.3. The van der Waals surface area contributed by atoms with E-state index in [1.807, 2.05) is 45.0 Å². The number of alkyl carbamates (subject to hydrolysis) is 1. The Kier molecular flexibility index (Phi) is 6.88. The Morgan fingerprint density at radius 2 is 1.63 bits per heavy atom. The van der Waals surface area contributed by atoms with E-state index < -0.39 is 30.1 Å². The maximum Gasteiger partial charge on any atom is 0.407 e. The number of carboxylic acids is 1. The molecule has 2 aliphatic rings. The van der Waals surface area contributed by atoms with Crippen molar-refractivity contribution >= 4 is 18.0 Å². The molecule has 3 atom stereocenters. The van der Waals surface area contributed by atoms with E-state index in [1.54, 1.807) is 11.8 Å². The van der Waals surface area contributed by atoms with Crippen molar-refractivity contribution < 1.29 is 24.2 Å². The predicted molar refractivity (Wildman–Crippen MR) is 133 cm³/mol. The Labute approximate surface area is 206 Å². The second kappa shape index (κ2) is 9.72. The van der Waals surface area contributed by atoms with Crippen molar-refractivity contribution in [3.63, 3.8) is 0 Å². The van der Waals surface area contributed by atoms with E-state index in [9.17, 15) is 19.5 Å². The van der Waals surface area contributed by atoms with Crippen LogP contribution in [-0.2, 0) is 14.3 Å². The van der Waals surface area contributed by atoms with E-state index in [2.05, 4.69) is 29.6 Å². The number of carbonyl (C=O) groups is 3. The van der Waals surface area contributed by atoms with Crippen LogP contribution in [0.5, 0.6) is 0 Å². The standard InChI is InChI=1S/C28H34N2O5/c1-17-18(26(32)33)13-14-30(17)25(31)24(15-28(2,3)4)29-27(34)35-16-23-21-11-7-5-9-19(21)20-10-6-8-12-22(20)23/h5-12,17-18,23-24H,13-16H2,1-4H3,(H,29,34)(H,32,33). The SMILES string of the molecule is CC1C(C(=O)O)CCN1C(=O)C(CC(C)(C)C)NC(=O)OCC1c2ccccc2-c2ccccc21. The maximum atomic E-state index is 13.4. The highest BCUT2D eigenvalue weighted by Gasteiger charge is 2.41. The van der Waals surface area contributed by atoms with Gasteiger partial charge in [-0.1, -0.05) is 69.3 Å². The van der Waals surface area contributed by atoms with E-state index in [0.717, 1.165) is 22.3 Å². The first-order valence-electron chi connectivity index (χ1n) is 12.2. The molecule has 1 heterocycles. The molecule has 0 spiro atoms. The molecule has 35 heavy (non-hydrogen) atoms. The first-order chi connectivity index (χ1) is 16.6. The van der Waals surface area contributed by atoms with Gasteiger partial charge >= 0.3 is 12.1 Å². The van der Waals surface area contributed by atoms with Gasteiger partial charge in [0.1, 0.15) is 12.6 Å². The monoisotopic (exact) mass is 478 g/mol. The summed E-state index contributed by atoms with van der Waals surface area (Å²) in [5, 5.41) is 12.2. The summed E-state index contributed by atoms with van der Waals surface area (Å²) in [5.41, 5.74) is 4.30. The third-order valence-corrected chi connectivity index (χ3v) is 7.11. The molecule has 3 unspecified atom stereocenters. The molecule has 1 aliphatic carbocycles. The molecule has 0 bridgehead atoms. The first-order valence-corrected chi connectivity index (χ1v) is 12.2. The summed E-state index contributed by atoms with van der Waals surface area (Å²) in [6.45, 7) is 8.28. The van der Waals surface area contributed by atoms with Crippen LogP contribution in [0.3, 0.4) is 0 Å².